The van der Waals surface area contributed by atoms with Gasteiger partial charge in [-0.15, -0.1) is 0 Å². The molecule has 98 valence electrons. The lowest BCUT2D eigenvalue weighted by molar-refractivity contribution is -0.127. The SMILES string of the molecule is O=C(CC1CNCCO1)NC1(CO)CCCC1. The van der Waals surface area contributed by atoms with Crippen molar-refractivity contribution in [3.63, 3.8) is 0 Å². The fourth-order valence-electron chi connectivity index (χ4n) is 2.68. The third-order valence-electron chi connectivity index (χ3n) is 3.69. The van der Waals surface area contributed by atoms with Gasteiger partial charge in [0.2, 0.25) is 5.91 Å². The van der Waals surface area contributed by atoms with Crippen molar-refractivity contribution in [1.29, 1.82) is 0 Å². The molecular formula is C12H22N2O3. The molecule has 2 rings (SSSR count). The number of amides is 1. The molecule has 1 amide bonds. The van der Waals surface area contributed by atoms with E-state index in [9.17, 15) is 9.90 Å². The van der Waals surface area contributed by atoms with E-state index < -0.39 is 0 Å². The van der Waals surface area contributed by atoms with E-state index in [2.05, 4.69) is 10.6 Å². The van der Waals surface area contributed by atoms with Crippen LogP contribution in [0.1, 0.15) is 32.1 Å². The van der Waals surface area contributed by atoms with Gasteiger partial charge in [0.25, 0.3) is 0 Å². The van der Waals surface area contributed by atoms with Crippen LogP contribution < -0.4 is 10.6 Å². The average Bonchev–Trinajstić information content (AvgIpc) is 2.79. The fraction of sp³-hybridized carbons (Fsp3) is 0.917. The Balaban J connectivity index is 1.79. The molecule has 1 heterocycles. The molecule has 0 aromatic heterocycles. The van der Waals surface area contributed by atoms with E-state index >= 15 is 0 Å². The molecule has 2 fully saturated rings. The molecule has 0 radical (unpaired) electrons. The second-order valence-electron chi connectivity index (χ2n) is 5.09. The molecule has 3 N–H and O–H groups in total. The monoisotopic (exact) mass is 242 g/mol. The zero-order valence-corrected chi connectivity index (χ0v) is 10.2. The topological polar surface area (TPSA) is 70.6 Å². The van der Waals surface area contributed by atoms with Crippen molar-refractivity contribution < 1.29 is 14.6 Å². The van der Waals surface area contributed by atoms with Crippen LogP contribution in [0, 0.1) is 0 Å². The van der Waals surface area contributed by atoms with Crippen molar-refractivity contribution in [2.24, 2.45) is 0 Å². The Hall–Kier alpha value is -0.650. The Morgan fingerprint density at radius 1 is 1.47 bits per heavy atom. The lowest BCUT2D eigenvalue weighted by atomic mass is 9.98. The molecule has 0 bridgehead atoms. The van der Waals surface area contributed by atoms with E-state index in [-0.39, 0.29) is 24.2 Å². The van der Waals surface area contributed by atoms with E-state index in [0.29, 0.717) is 13.0 Å². The quantitative estimate of drug-likeness (QED) is 0.638. The number of hydrogen-bond acceptors (Lipinski definition) is 4. The van der Waals surface area contributed by atoms with Crippen LogP contribution in [-0.2, 0) is 9.53 Å². The maximum atomic E-state index is 11.9. The van der Waals surface area contributed by atoms with Gasteiger partial charge in [0.1, 0.15) is 0 Å². The minimum Gasteiger partial charge on any atom is -0.394 e. The lowest BCUT2D eigenvalue weighted by Crippen LogP contribution is -2.51. The van der Waals surface area contributed by atoms with Crippen LogP contribution in [0.5, 0.6) is 0 Å². The zero-order chi connectivity index (χ0) is 12.1. The molecule has 1 atom stereocenters. The number of nitrogens with one attached hydrogen (secondary N) is 2. The molecule has 2 aliphatic rings. The average molecular weight is 242 g/mol. The van der Waals surface area contributed by atoms with Crippen LogP contribution in [0.25, 0.3) is 0 Å². The van der Waals surface area contributed by atoms with Crippen LogP contribution in [-0.4, -0.2) is 49.0 Å². The summed E-state index contributed by atoms with van der Waals surface area (Å²) >= 11 is 0. The Morgan fingerprint density at radius 2 is 2.24 bits per heavy atom. The number of aliphatic hydroxyl groups is 1. The van der Waals surface area contributed by atoms with E-state index in [0.717, 1.165) is 38.8 Å². The summed E-state index contributed by atoms with van der Waals surface area (Å²) < 4.78 is 5.49. The van der Waals surface area contributed by atoms with Crippen LogP contribution >= 0.6 is 0 Å². The highest BCUT2D eigenvalue weighted by molar-refractivity contribution is 5.77. The van der Waals surface area contributed by atoms with Crippen LogP contribution in [0.3, 0.4) is 0 Å². The Morgan fingerprint density at radius 3 is 2.82 bits per heavy atom. The molecule has 0 aromatic rings. The van der Waals surface area contributed by atoms with Gasteiger partial charge in [0.05, 0.1) is 31.3 Å². The molecule has 17 heavy (non-hydrogen) atoms. The van der Waals surface area contributed by atoms with E-state index in [1.165, 1.54) is 0 Å². The number of rotatable bonds is 4. The van der Waals surface area contributed by atoms with E-state index in [4.69, 9.17) is 4.74 Å². The first-order valence-electron chi connectivity index (χ1n) is 6.48. The van der Waals surface area contributed by atoms with Crippen molar-refractivity contribution >= 4 is 5.91 Å². The normalized spacial score (nSPS) is 27.9. The van der Waals surface area contributed by atoms with Crippen LogP contribution in [0.4, 0.5) is 0 Å². The standard InChI is InChI=1S/C12H22N2O3/c15-9-12(3-1-2-4-12)14-11(16)7-10-8-13-5-6-17-10/h10,13,15H,1-9H2,(H,14,16). The summed E-state index contributed by atoms with van der Waals surface area (Å²) in [6.45, 7) is 2.31. The van der Waals surface area contributed by atoms with Gasteiger partial charge in [-0.05, 0) is 12.8 Å². The van der Waals surface area contributed by atoms with Gasteiger partial charge < -0.3 is 20.5 Å². The number of ether oxygens (including phenoxy) is 1. The summed E-state index contributed by atoms with van der Waals surface area (Å²) in [7, 11) is 0. The first kappa shape index (κ1) is 12.8. The number of hydrogen-bond donors (Lipinski definition) is 3. The van der Waals surface area contributed by atoms with Crippen molar-refractivity contribution in [1.82, 2.24) is 10.6 Å². The van der Waals surface area contributed by atoms with E-state index in [1.807, 2.05) is 0 Å². The van der Waals surface area contributed by atoms with Gasteiger partial charge in [-0.1, -0.05) is 12.8 Å². The maximum absolute atomic E-state index is 11.9. The third kappa shape index (κ3) is 3.40. The summed E-state index contributed by atoms with van der Waals surface area (Å²) in [6.07, 6.45) is 4.30. The summed E-state index contributed by atoms with van der Waals surface area (Å²) in [4.78, 5) is 11.9. The molecule has 5 heteroatoms. The smallest absolute Gasteiger partial charge is 0.223 e. The highest BCUT2D eigenvalue weighted by atomic mass is 16.5. The van der Waals surface area contributed by atoms with Gasteiger partial charge >= 0.3 is 0 Å². The molecular weight excluding hydrogens is 220 g/mol. The Labute approximate surface area is 102 Å². The second-order valence-corrected chi connectivity index (χ2v) is 5.09. The van der Waals surface area contributed by atoms with Gasteiger partial charge in [-0.25, -0.2) is 0 Å². The predicted molar refractivity (Wildman–Crippen MR) is 63.7 cm³/mol. The summed E-state index contributed by atoms with van der Waals surface area (Å²) in [5.41, 5.74) is -0.362. The minimum atomic E-state index is -0.362. The minimum absolute atomic E-state index is 0.00495. The molecule has 1 saturated carbocycles. The number of aliphatic hydroxyl groups excluding tert-OH is 1. The van der Waals surface area contributed by atoms with Crippen molar-refractivity contribution in [3.8, 4) is 0 Å². The molecule has 1 unspecified atom stereocenters. The van der Waals surface area contributed by atoms with Gasteiger partial charge in [0.15, 0.2) is 0 Å². The van der Waals surface area contributed by atoms with Gasteiger partial charge in [0, 0.05) is 13.1 Å². The molecule has 1 aliphatic heterocycles. The number of carbonyl (C=O) groups excluding carboxylic acids is 1. The van der Waals surface area contributed by atoms with Crippen molar-refractivity contribution in [2.45, 2.75) is 43.7 Å². The van der Waals surface area contributed by atoms with Gasteiger partial charge in [-0.2, -0.15) is 0 Å². The molecule has 0 spiro atoms. The maximum Gasteiger partial charge on any atom is 0.223 e. The summed E-state index contributed by atoms with van der Waals surface area (Å²) in [6, 6.07) is 0. The molecule has 5 nitrogen and oxygen atoms in total. The molecule has 0 aromatic carbocycles. The largest absolute Gasteiger partial charge is 0.394 e. The second kappa shape index (κ2) is 5.80. The lowest BCUT2D eigenvalue weighted by Gasteiger charge is -2.30. The first-order chi connectivity index (χ1) is 8.24. The van der Waals surface area contributed by atoms with Crippen LogP contribution in [0.2, 0.25) is 0 Å². The van der Waals surface area contributed by atoms with E-state index in [1.54, 1.807) is 0 Å². The third-order valence-corrected chi connectivity index (χ3v) is 3.69. The fourth-order valence-corrected chi connectivity index (χ4v) is 2.68. The zero-order valence-electron chi connectivity index (χ0n) is 10.2. The van der Waals surface area contributed by atoms with Crippen LogP contribution in [0.15, 0.2) is 0 Å². The highest BCUT2D eigenvalue weighted by Gasteiger charge is 2.35. The molecule has 1 saturated heterocycles. The summed E-state index contributed by atoms with van der Waals surface area (Å²) in [5.74, 6) is -0.00495. The van der Waals surface area contributed by atoms with Gasteiger partial charge in [-0.3, -0.25) is 4.79 Å². The number of morpholine rings is 1. The first-order valence-corrected chi connectivity index (χ1v) is 6.48. The predicted octanol–water partition coefficient (Wildman–Crippen LogP) is -0.214. The van der Waals surface area contributed by atoms with Crippen molar-refractivity contribution in [2.75, 3.05) is 26.3 Å². The summed E-state index contributed by atoms with van der Waals surface area (Å²) in [5, 5.41) is 15.6. The Kier molecular flexibility index (Phi) is 4.36. The highest BCUT2D eigenvalue weighted by Crippen LogP contribution is 2.29. The van der Waals surface area contributed by atoms with Crippen molar-refractivity contribution in [3.05, 3.63) is 0 Å². The Bertz CT molecular complexity index is 258. The number of carbonyl (C=O) groups is 1. The molecule has 1 aliphatic carbocycles.